The third-order valence-corrected chi connectivity index (χ3v) is 4.78. The monoisotopic (exact) mass is 393 g/mol. The quantitative estimate of drug-likeness (QED) is 0.483. The molecule has 4 heterocycles. The van der Waals surface area contributed by atoms with Gasteiger partial charge < -0.3 is 5.32 Å². The minimum Gasteiger partial charge on any atom is -0.362 e. The Hall–Kier alpha value is -4.13. The fourth-order valence-corrected chi connectivity index (χ4v) is 3.39. The standard InChI is InChI=1S/C23H19N7/c1-16-11-18(13-25-12-16)22-28-23(27-15-19-14-24-8-9-26-19)21-20(7-10-30(21)29-22)17-5-3-2-4-6-17/h2-14H,15H2,1H3,(H,27,28,29). The van der Waals surface area contributed by atoms with Gasteiger partial charge in [0, 0.05) is 42.1 Å². The summed E-state index contributed by atoms with van der Waals surface area (Å²) in [6, 6.07) is 14.3. The van der Waals surface area contributed by atoms with Gasteiger partial charge >= 0.3 is 0 Å². The van der Waals surface area contributed by atoms with Crippen molar-refractivity contribution >= 4 is 11.3 Å². The van der Waals surface area contributed by atoms with E-state index in [1.807, 2.05) is 48.1 Å². The van der Waals surface area contributed by atoms with E-state index in [0.29, 0.717) is 12.4 Å². The van der Waals surface area contributed by atoms with Crippen LogP contribution in [0.4, 0.5) is 5.82 Å². The molecule has 5 rings (SSSR count). The van der Waals surface area contributed by atoms with Crippen molar-refractivity contribution in [3.8, 4) is 22.5 Å². The highest BCUT2D eigenvalue weighted by atomic mass is 15.3. The van der Waals surface area contributed by atoms with E-state index in [4.69, 9.17) is 10.1 Å². The van der Waals surface area contributed by atoms with Crippen LogP contribution in [0.5, 0.6) is 0 Å². The maximum atomic E-state index is 4.85. The van der Waals surface area contributed by atoms with Gasteiger partial charge in [0.15, 0.2) is 11.6 Å². The van der Waals surface area contributed by atoms with E-state index < -0.39 is 0 Å². The summed E-state index contributed by atoms with van der Waals surface area (Å²) in [6.45, 7) is 2.51. The average Bonchev–Trinajstić information content (AvgIpc) is 3.23. The Morgan fingerprint density at radius 2 is 1.83 bits per heavy atom. The van der Waals surface area contributed by atoms with Crippen LogP contribution in [0.25, 0.3) is 28.0 Å². The molecule has 0 spiro atoms. The van der Waals surface area contributed by atoms with Crippen LogP contribution in [0.15, 0.2) is 79.6 Å². The molecule has 0 atom stereocenters. The molecule has 0 aliphatic carbocycles. The Bertz CT molecular complexity index is 1300. The van der Waals surface area contributed by atoms with E-state index in [-0.39, 0.29) is 0 Å². The lowest BCUT2D eigenvalue weighted by atomic mass is 10.1. The van der Waals surface area contributed by atoms with Crippen LogP contribution in [0.3, 0.4) is 0 Å². The van der Waals surface area contributed by atoms with Gasteiger partial charge in [-0.05, 0) is 30.2 Å². The first-order valence-corrected chi connectivity index (χ1v) is 9.63. The van der Waals surface area contributed by atoms with Crippen LogP contribution in [0.2, 0.25) is 0 Å². The smallest absolute Gasteiger partial charge is 0.183 e. The molecule has 0 amide bonds. The van der Waals surface area contributed by atoms with Gasteiger partial charge in [-0.3, -0.25) is 15.0 Å². The highest BCUT2D eigenvalue weighted by Gasteiger charge is 2.15. The van der Waals surface area contributed by atoms with Gasteiger partial charge in [-0.2, -0.15) is 0 Å². The highest BCUT2D eigenvalue weighted by molar-refractivity contribution is 5.89. The molecule has 7 heteroatoms. The molecule has 4 aromatic heterocycles. The zero-order valence-electron chi connectivity index (χ0n) is 16.4. The molecule has 146 valence electrons. The second-order valence-electron chi connectivity index (χ2n) is 6.97. The van der Waals surface area contributed by atoms with Crippen molar-refractivity contribution in [3.05, 3.63) is 90.9 Å². The molecule has 0 saturated carbocycles. The molecule has 0 aliphatic rings. The normalized spacial score (nSPS) is 11.0. The zero-order valence-corrected chi connectivity index (χ0v) is 16.4. The fraction of sp³-hybridized carbons (Fsp3) is 0.0870. The van der Waals surface area contributed by atoms with Gasteiger partial charge in [0.1, 0.15) is 5.52 Å². The summed E-state index contributed by atoms with van der Waals surface area (Å²) in [5.74, 6) is 1.34. The summed E-state index contributed by atoms with van der Waals surface area (Å²) in [6.07, 6.45) is 10.6. The highest BCUT2D eigenvalue weighted by Crippen LogP contribution is 2.31. The largest absolute Gasteiger partial charge is 0.362 e. The van der Waals surface area contributed by atoms with Crippen molar-refractivity contribution < 1.29 is 0 Å². The van der Waals surface area contributed by atoms with E-state index in [2.05, 4.69) is 38.5 Å². The number of anilines is 1. The molecule has 7 nitrogen and oxygen atoms in total. The summed E-state index contributed by atoms with van der Waals surface area (Å²) in [5, 5.41) is 8.18. The molecule has 30 heavy (non-hydrogen) atoms. The molecular weight excluding hydrogens is 374 g/mol. The number of fused-ring (bicyclic) bond motifs is 1. The summed E-state index contributed by atoms with van der Waals surface area (Å²) in [5.41, 5.74) is 5.84. The first-order valence-electron chi connectivity index (χ1n) is 9.63. The van der Waals surface area contributed by atoms with E-state index >= 15 is 0 Å². The molecule has 1 N–H and O–H groups in total. The number of rotatable bonds is 5. The second kappa shape index (κ2) is 7.71. The third kappa shape index (κ3) is 3.48. The molecule has 0 fully saturated rings. The molecule has 0 unspecified atom stereocenters. The summed E-state index contributed by atoms with van der Waals surface area (Å²) >= 11 is 0. The second-order valence-corrected chi connectivity index (χ2v) is 6.97. The minimum atomic E-state index is 0.505. The Morgan fingerprint density at radius 1 is 0.933 bits per heavy atom. The molecule has 1 aromatic carbocycles. The Kier molecular flexibility index (Phi) is 4.61. The van der Waals surface area contributed by atoms with Crippen LogP contribution < -0.4 is 5.32 Å². The van der Waals surface area contributed by atoms with Crippen LogP contribution in [0.1, 0.15) is 11.3 Å². The SMILES string of the molecule is Cc1cncc(-c2nc(NCc3cnccn3)c3c(-c4ccccc4)ccn3n2)c1. The van der Waals surface area contributed by atoms with Crippen molar-refractivity contribution in [2.75, 3.05) is 5.32 Å². The van der Waals surface area contributed by atoms with Gasteiger partial charge in [-0.25, -0.2) is 9.50 Å². The summed E-state index contributed by atoms with van der Waals surface area (Å²) in [7, 11) is 0. The minimum absolute atomic E-state index is 0.505. The lowest BCUT2D eigenvalue weighted by Gasteiger charge is -2.11. The number of nitrogens with zero attached hydrogens (tertiary/aromatic N) is 6. The molecule has 5 aromatic rings. The fourth-order valence-electron chi connectivity index (χ4n) is 3.39. The lowest BCUT2D eigenvalue weighted by Crippen LogP contribution is -2.08. The van der Waals surface area contributed by atoms with Gasteiger partial charge in [-0.15, -0.1) is 5.10 Å². The van der Waals surface area contributed by atoms with Crippen molar-refractivity contribution in [2.24, 2.45) is 0 Å². The van der Waals surface area contributed by atoms with Crippen molar-refractivity contribution in [2.45, 2.75) is 13.5 Å². The van der Waals surface area contributed by atoms with E-state index in [9.17, 15) is 0 Å². The van der Waals surface area contributed by atoms with Gasteiger partial charge in [0.05, 0.1) is 18.4 Å². The number of hydrogen-bond acceptors (Lipinski definition) is 6. The van der Waals surface area contributed by atoms with Crippen molar-refractivity contribution in [1.29, 1.82) is 0 Å². The van der Waals surface area contributed by atoms with Crippen molar-refractivity contribution in [1.82, 2.24) is 29.5 Å². The molecule has 0 radical (unpaired) electrons. The third-order valence-electron chi connectivity index (χ3n) is 4.78. The first-order chi connectivity index (χ1) is 14.8. The van der Waals surface area contributed by atoms with Crippen LogP contribution in [-0.2, 0) is 6.54 Å². The topological polar surface area (TPSA) is 80.9 Å². The molecule has 0 aliphatic heterocycles. The van der Waals surface area contributed by atoms with Gasteiger partial charge in [-0.1, -0.05) is 30.3 Å². The predicted octanol–water partition coefficient (Wildman–Crippen LogP) is 4.17. The van der Waals surface area contributed by atoms with E-state index in [1.165, 1.54) is 0 Å². The Morgan fingerprint density at radius 3 is 2.63 bits per heavy atom. The number of pyridine rings is 1. The molecular formula is C23H19N7. The van der Waals surface area contributed by atoms with Crippen LogP contribution >= 0.6 is 0 Å². The molecule has 0 bridgehead atoms. The first kappa shape index (κ1) is 17.9. The van der Waals surface area contributed by atoms with Gasteiger partial charge in [0.2, 0.25) is 0 Å². The number of aryl methyl sites for hydroxylation is 1. The number of benzene rings is 1. The zero-order chi connectivity index (χ0) is 20.3. The maximum absolute atomic E-state index is 4.85. The summed E-state index contributed by atoms with van der Waals surface area (Å²) < 4.78 is 1.87. The average molecular weight is 393 g/mol. The van der Waals surface area contributed by atoms with Crippen LogP contribution in [0, 0.1) is 6.92 Å². The summed E-state index contributed by atoms with van der Waals surface area (Å²) in [4.78, 5) is 17.6. The van der Waals surface area contributed by atoms with E-state index in [1.54, 1.807) is 24.8 Å². The number of nitrogens with one attached hydrogen (secondary N) is 1. The lowest BCUT2D eigenvalue weighted by molar-refractivity contribution is 0.904. The Labute approximate surface area is 173 Å². The van der Waals surface area contributed by atoms with Crippen molar-refractivity contribution in [3.63, 3.8) is 0 Å². The van der Waals surface area contributed by atoms with Gasteiger partial charge in [0.25, 0.3) is 0 Å². The predicted molar refractivity (Wildman–Crippen MR) is 116 cm³/mol. The Balaban J connectivity index is 1.65. The number of aromatic nitrogens is 6. The molecule has 0 saturated heterocycles. The maximum Gasteiger partial charge on any atom is 0.183 e. The van der Waals surface area contributed by atoms with E-state index in [0.717, 1.165) is 39.3 Å². The van der Waals surface area contributed by atoms with Crippen LogP contribution in [-0.4, -0.2) is 29.5 Å². The number of hydrogen-bond donors (Lipinski definition) is 1.